The summed E-state index contributed by atoms with van der Waals surface area (Å²) >= 11 is 0. The third-order valence-electron chi connectivity index (χ3n) is 0.886. The number of hydrogen-bond donors (Lipinski definition) is 3. The van der Waals surface area contributed by atoms with Gasteiger partial charge in [0, 0.05) is 13.1 Å². The number of aliphatic hydroxyl groups excluding tert-OH is 1. The zero-order valence-corrected chi connectivity index (χ0v) is 6.04. The molecule has 11 heavy (non-hydrogen) atoms. The number of amides is 2. The van der Waals surface area contributed by atoms with E-state index in [4.69, 9.17) is 5.11 Å². The summed E-state index contributed by atoms with van der Waals surface area (Å²) in [6.07, 6.45) is 0. The number of aliphatic hydroxyl groups is 1. The van der Waals surface area contributed by atoms with Crippen LogP contribution in [0.5, 0.6) is 0 Å². The first kappa shape index (κ1) is 9.83. The molecule has 0 unspecified atom stereocenters. The summed E-state index contributed by atoms with van der Waals surface area (Å²) < 4.78 is 0. The Morgan fingerprint density at radius 1 is 1.36 bits per heavy atom. The summed E-state index contributed by atoms with van der Waals surface area (Å²) in [5.41, 5.74) is 0. The number of nitrogens with zero attached hydrogens (tertiary/aromatic N) is 1. The molecule has 0 fully saturated rings. The van der Waals surface area contributed by atoms with Gasteiger partial charge in [-0.1, -0.05) is 5.18 Å². The van der Waals surface area contributed by atoms with Gasteiger partial charge < -0.3 is 15.7 Å². The van der Waals surface area contributed by atoms with Crippen LogP contribution in [0.3, 0.4) is 0 Å². The van der Waals surface area contributed by atoms with Crippen molar-refractivity contribution in [2.75, 3.05) is 26.2 Å². The van der Waals surface area contributed by atoms with E-state index in [0.29, 0.717) is 0 Å². The molecule has 0 atom stereocenters. The number of nitroso groups, excluding NO2 is 1. The molecule has 0 spiro atoms. The van der Waals surface area contributed by atoms with E-state index in [1.54, 1.807) is 0 Å². The molecule has 64 valence electrons. The maximum atomic E-state index is 10.6. The van der Waals surface area contributed by atoms with Crippen LogP contribution in [0.1, 0.15) is 0 Å². The zero-order valence-electron chi connectivity index (χ0n) is 6.04. The summed E-state index contributed by atoms with van der Waals surface area (Å²) in [5.74, 6) is 0. The van der Waals surface area contributed by atoms with E-state index in [1.165, 1.54) is 0 Å². The van der Waals surface area contributed by atoms with Gasteiger partial charge in [0.25, 0.3) is 0 Å². The van der Waals surface area contributed by atoms with Crippen molar-refractivity contribution in [2.45, 2.75) is 0 Å². The molecule has 6 nitrogen and oxygen atoms in total. The van der Waals surface area contributed by atoms with Crippen molar-refractivity contribution in [3.05, 3.63) is 4.91 Å². The number of hydrogen-bond acceptors (Lipinski definition) is 4. The van der Waals surface area contributed by atoms with Crippen molar-refractivity contribution in [1.29, 1.82) is 0 Å². The van der Waals surface area contributed by atoms with Gasteiger partial charge in [0.15, 0.2) is 0 Å². The molecule has 0 saturated carbocycles. The third-order valence-corrected chi connectivity index (χ3v) is 0.886. The van der Waals surface area contributed by atoms with Crippen molar-refractivity contribution in [3.8, 4) is 0 Å². The Morgan fingerprint density at radius 3 is 2.55 bits per heavy atom. The van der Waals surface area contributed by atoms with E-state index in [0.717, 1.165) is 0 Å². The minimum Gasteiger partial charge on any atom is -0.395 e. The monoisotopic (exact) mass is 161 g/mol. The Morgan fingerprint density at radius 2 is 2.00 bits per heavy atom. The van der Waals surface area contributed by atoms with Crippen LogP contribution >= 0.6 is 0 Å². The maximum Gasteiger partial charge on any atom is 0.314 e. The largest absolute Gasteiger partial charge is 0.395 e. The fourth-order valence-electron chi connectivity index (χ4n) is 0.447. The Bertz CT molecular complexity index is 128. The SMILES string of the molecule is O=NCCNC(=O)NCCO. The first-order chi connectivity index (χ1) is 5.31. The topological polar surface area (TPSA) is 90.8 Å². The summed E-state index contributed by atoms with van der Waals surface area (Å²) in [7, 11) is 0. The molecule has 0 aliphatic carbocycles. The molecular weight excluding hydrogens is 150 g/mol. The van der Waals surface area contributed by atoms with Gasteiger partial charge in [0.1, 0.15) is 0 Å². The molecule has 0 rings (SSSR count). The second kappa shape index (κ2) is 6.94. The molecule has 0 bridgehead atoms. The van der Waals surface area contributed by atoms with Crippen molar-refractivity contribution >= 4 is 6.03 Å². The average Bonchev–Trinajstić information content (AvgIpc) is 2.01. The van der Waals surface area contributed by atoms with Crippen molar-refractivity contribution in [2.24, 2.45) is 5.18 Å². The van der Waals surface area contributed by atoms with Gasteiger partial charge in [-0.2, -0.15) is 4.91 Å². The van der Waals surface area contributed by atoms with Crippen LogP contribution in [0.2, 0.25) is 0 Å². The van der Waals surface area contributed by atoms with E-state index < -0.39 is 6.03 Å². The molecule has 3 N–H and O–H groups in total. The van der Waals surface area contributed by atoms with Crippen molar-refractivity contribution in [3.63, 3.8) is 0 Å². The number of nitrogens with one attached hydrogen (secondary N) is 2. The smallest absolute Gasteiger partial charge is 0.314 e. The van der Waals surface area contributed by atoms with E-state index in [9.17, 15) is 9.70 Å². The number of rotatable bonds is 5. The fraction of sp³-hybridized carbons (Fsp3) is 0.800. The average molecular weight is 161 g/mol. The number of carbonyl (C=O) groups is 1. The van der Waals surface area contributed by atoms with Gasteiger partial charge in [-0.3, -0.25) is 0 Å². The summed E-state index contributed by atoms with van der Waals surface area (Å²) in [4.78, 5) is 20.1. The van der Waals surface area contributed by atoms with E-state index >= 15 is 0 Å². The quantitative estimate of drug-likeness (QED) is 0.358. The van der Waals surface area contributed by atoms with Gasteiger partial charge in [0.05, 0.1) is 13.2 Å². The van der Waals surface area contributed by atoms with Crippen molar-refractivity contribution < 1.29 is 9.90 Å². The lowest BCUT2D eigenvalue weighted by Gasteiger charge is -2.02. The van der Waals surface area contributed by atoms with Crippen LogP contribution in [0.4, 0.5) is 4.79 Å². The van der Waals surface area contributed by atoms with Crippen LogP contribution in [0, 0.1) is 4.91 Å². The second-order valence-corrected chi connectivity index (χ2v) is 1.76. The molecule has 0 aliphatic rings. The van der Waals surface area contributed by atoms with Crippen LogP contribution < -0.4 is 10.6 Å². The molecule has 0 aromatic heterocycles. The van der Waals surface area contributed by atoms with E-state index in [2.05, 4.69) is 15.8 Å². The Labute approximate surface area is 63.9 Å². The van der Waals surface area contributed by atoms with E-state index in [1.807, 2.05) is 0 Å². The van der Waals surface area contributed by atoms with Crippen molar-refractivity contribution in [1.82, 2.24) is 10.6 Å². The minimum atomic E-state index is -0.400. The highest BCUT2D eigenvalue weighted by molar-refractivity contribution is 5.73. The summed E-state index contributed by atoms with van der Waals surface area (Å²) in [6, 6.07) is -0.400. The summed E-state index contributed by atoms with van der Waals surface area (Å²) in [6.45, 7) is 0.396. The molecule has 0 heterocycles. The molecule has 0 saturated heterocycles. The van der Waals surface area contributed by atoms with Gasteiger partial charge in [0.2, 0.25) is 0 Å². The standard InChI is InChI=1S/C5H11N3O3/c9-4-3-7-5(10)6-1-2-8-11/h9H,1-4H2,(H2,6,7,10). The molecule has 0 aromatic rings. The predicted molar refractivity (Wildman–Crippen MR) is 39.1 cm³/mol. The second-order valence-electron chi connectivity index (χ2n) is 1.76. The van der Waals surface area contributed by atoms with Gasteiger partial charge in [-0.25, -0.2) is 4.79 Å². The first-order valence-corrected chi connectivity index (χ1v) is 3.23. The molecule has 0 radical (unpaired) electrons. The highest BCUT2D eigenvalue weighted by atomic mass is 16.3. The van der Waals surface area contributed by atoms with Gasteiger partial charge >= 0.3 is 6.03 Å². The fourth-order valence-corrected chi connectivity index (χ4v) is 0.447. The highest BCUT2D eigenvalue weighted by Crippen LogP contribution is 1.66. The predicted octanol–water partition coefficient (Wildman–Crippen LogP) is -0.956. The Hall–Kier alpha value is -1.17. The lowest BCUT2D eigenvalue weighted by Crippen LogP contribution is -2.38. The normalized spacial score (nSPS) is 8.82. The third kappa shape index (κ3) is 6.72. The van der Waals surface area contributed by atoms with Gasteiger partial charge in [-0.05, 0) is 0 Å². The molecule has 6 heteroatoms. The molecule has 0 aliphatic heterocycles. The number of urea groups is 1. The molecule has 2 amide bonds. The lowest BCUT2D eigenvalue weighted by molar-refractivity contribution is 0.234. The van der Waals surface area contributed by atoms with E-state index in [-0.39, 0.29) is 26.2 Å². The van der Waals surface area contributed by atoms with Crippen LogP contribution in [0.15, 0.2) is 5.18 Å². The zero-order chi connectivity index (χ0) is 8.53. The Balaban J connectivity index is 3.15. The number of carbonyl (C=O) groups excluding carboxylic acids is 1. The maximum absolute atomic E-state index is 10.6. The lowest BCUT2D eigenvalue weighted by atomic mass is 10.6. The first-order valence-electron chi connectivity index (χ1n) is 3.23. The summed E-state index contributed by atoms with van der Waals surface area (Å²) in [5, 5.41) is 15.5. The minimum absolute atomic E-state index is 0.0620. The Kier molecular flexibility index (Phi) is 6.20. The van der Waals surface area contributed by atoms with Crippen LogP contribution in [-0.4, -0.2) is 37.4 Å². The molecular formula is C5H11N3O3. The highest BCUT2D eigenvalue weighted by Gasteiger charge is 1.95. The van der Waals surface area contributed by atoms with Crippen LogP contribution in [0.25, 0.3) is 0 Å². The van der Waals surface area contributed by atoms with Gasteiger partial charge in [-0.15, -0.1) is 0 Å². The molecule has 0 aromatic carbocycles. The van der Waals surface area contributed by atoms with Crippen LogP contribution in [-0.2, 0) is 0 Å².